The standard InChI is InChI=1S/C12H6F2N2O5/c13-7-1-2-10(8(14)4-7)21-11-9(16(19)20)3-6(5-15-11)12(17)18/h1-5H,(H,17,18). The predicted octanol–water partition coefficient (Wildman–Crippen LogP) is 2.76. The lowest BCUT2D eigenvalue weighted by Gasteiger charge is -2.06. The topological polar surface area (TPSA) is 103 Å². The molecule has 0 atom stereocenters. The van der Waals surface area contributed by atoms with Crippen LogP contribution >= 0.6 is 0 Å². The summed E-state index contributed by atoms with van der Waals surface area (Å²) in [4.78, 5) is 24.2. The molecule has 2 aromatic rings. The zero-order valence-electron chi connectivity index (χ0n) is 10.1. The number of aromatic nitrogens is 1. The van der Waals surface area contributed by atoms with Crippen molar-refractivity contribution in [1.29, 1.82) is 0 Å². The summed E-state index contributed by atoms with van der Waals surface area (Å²) in [6.45, 7) is 0. The van der Waals surface area contributed by atoms with Crippen LogP contribution in [0.4, 0.5) is 14.5 Å². The fourth-order valence-corrected chi connectivity index (χ4v) is 1.43. The van der Waals surface area contributed by atoms with Crippen molar-refractivity contribution in [2.24, 2.45) is 0 Å². The minimum atomic E-state index is -1.41. The Morgan fingerprint density at radius 3 is 2.62 bits per heavy atom. The molecule has 0 saturated carbocycles. The maximum absolute atomic E-state index is 13.4. The van der Waals surface area contributed by atoms with Gasteiger partial charge in [-0.15, -0.1) is 0 Å². The first-order chi connectivity index (χ1) is 9.88. The van der Waals surface area contributed by atoms with Crippen LogP contribution in [0.2, 0.25) is 0 Å². The normalized spacial score (nSPS) is 10.2. The number of carbonyl (C=O) groups is 1. The molecule has 0 unspecified atom stereocenters. The van der Waals surface area contributed by atoms with E-state index >= 15 is 0 Å². The Hall–Kier alpha value is -3.10. The molecule has 1 aromatic carbocycles. The molecule has 0 aliphatic heterocycles. The Labute approximate surface area is 115 Å². The molecule has 0 saturated heterocycles. The van der Waals surface area contributed by atoms with E-state index in [0.29, 0.717) is 6.07 Å². The van der Waals surface area contributed by atoms with Crippen LogP contribution in [0, 0.1) is 21.7 Å². The summed E-state index contributed by atoms with van der Waals surface area (Å²) in [5, 5.41) is 19.6. The zero-order chi connectivity index (χ0) is 15.6. The molecule has 0 bridgehead atoms. The van der Waals surface area contributed by atoms with Gasteiger partial charge in [-0.05, 0) is 12.1 Å². The van der Waals surface area contributed by atoms with Gasteiger partial charge in [-0.2, -0.15) is 0 Å². The monoisotopic (exact) mass is 296 g/mol. The van der Waals surface area contributed by atoms with Gasteiger partial charge in [0.1, 0.15) is 5.82 Å². The van der Waals surface area contributed by atoms with E-state index in [4.69, 9.17) is 9.84 Å². The van der Waals surface area contributed by atoms with Gasteiger partial charge in [0, 0.05) is 18.3 Å². The first-order valence-electron chi connectivity index (χ1n) is 5.39. The van der Waals surface area contributed by atoms with Crippen molar-refractivity contribution in [3.05, 3.63) is 57.8 Å². The van der Waals surface area contributed by atoms with E-state index in [2.05, 4.69) is 4.98 Å². The molecular formula is C12H6F2N2O5. The number of nitro groups is 1. The molecule has 0 radical (unpaired) electrons. The van der Waals surface area contributed by atoms with Gasteiger partial charge in [0.2, 0.25) is 0 Å². The minimum Gasteiger partial charge on any atom is -0.478 e. The summed E-state index contributed by atoms with van der Waals surface area (Å²) in [7, 11) is 0. The quantitative estimate of drug-likeness (QED) is 0.687. The summed E-state index contributed by atoms with van der Waals surface area (Å²) in [5.41, 5.74) is -1.17. The second kappa shape index (κ2) is 5.49. The largest absolute Gasteiger partial charge is 0.478 e. The molecule has 2 rings (SSSR count). The van der Waals surface area contributed by atoms with Crippen LogP contribution < -0.4 is 4.74 Å². The summed E-state index contributed by atoms with van der Waals surface area (Å²) in [6, 6.07) is 3.09. The summed E-state index contributed by atoms with van der Waals surface area (Å²) in [6.07, 6.45) is 0.825. The van der Waals surface area contributed by atoms with Crippen molar-refractivity contribution in [2.75, 3.05) is 0 Å². The second-order valence-electron chi connectivity index (χ2n) is 3.79. The SMILES string of the molecule is O=C(O)c1cnc(Oc2ccc(F)cc2F)c([N+](=O)[O-])c1. The number of halogens is 2. The third kappa shape index (κ3) is 3.08. The van der Waals surface area contributed by atoms with Gasteiger partial charge in [0.05, 0.1) is 10.5 Å². The lowest BCUT2D eigenvalue weighted by molar-refractivity contribution is -0.386. The molecule has 1 heterocycles. The molecule has 0 aliphatic carbocycles. The Balaban J connectivity index is 2.44. The average molecular weight is 296 g/mol. The van der Waals surface area contributed by atoms with E-state index in [-0.39, 0.29) is 0 Å². The Bertz CT molecular complexity index is 736. The van der Waals surface area contributed by atoms with Crippen LogP contribution in [-0.2, 0) is 0 Å². The maximum Gasteiger partial charge on any atom is 0.337 e. The van der Waals surface area contributed by atoms with Crippen LogP contribution in [0.1, 0.15) is 10.4 Å². The zero-order valence-corrected chi connectivity index (χ0v) is 10.1. The number of pyridine rings is 1. The minimum absolute atomic E-state index is 0.423. The Kier molecular flexibility index (Phi) is 3.74. The molecule has 0 aliphatic rings. The van der Waals surface area contributed by atoms with Crippen LogP contribution in [0.5, 0.6) is 11.6 Å². The lowest BCUT2D eigenvalue weighted by atomic mass is 10.2. The van der Waals surface area contributed by atoms with E-state index < -0.39 is 45.4 Å². The fourth-order valence-electron chi connectivity index (χ4n) is 1.43. The third-order valence-corrected chi connectivity index (χ3v) is 2.38. The highest BCUT2D eigenvalue weighted by molar-refractivity contribution is 5.88. The van der Waals surface area contributed by atoms with Crippen molar-refractivity contribution >= 4 is 11.7 Å². The van der Waals surface area contributed by atoms with Gasteiger partial charge < -0.3 is 9.84 Å². The van der Waals surface area contributed by atoms with Crippen molar-refractivity contribution in [3.8, 4) is 11.6 Å². The van der Waals surface area contributed by atoms with Gasteiger partial charge in [0.25, 0.3) is 5.88 Å². The number of carboxylic acid groups (broad SMARTS) is 1. The number of hydrogen-bond donors (Lipinski definition) is 1. The highest BCUT2D eigenvalue weighted by Gasteiger charge is 2.22. The Morgan fingerprint density at radius 1 is 1.33 bits per heavy atom. The molecular weight excluding hydrogens is 290 g/mol. The summed E-state index contributed by atoms with van der Waals surface area (Å²) >= 11 is 0. The number of nitrogens with zero attached hydrogens (tertiary/aromatic N) is 2. The van der Waals surface area contributed by atoms with Gasteiger partial charge >= 0.3 is 11.7 Å². The van der Waals surface area contributed by atoms with Gasteiger partial charge in [-0.3, -0.25) is 10.1 Å². The predicted molar refractivity (Wildman–Crippen MR) is 64.3 cm³/mol. The third-order valence-electron chi connectivity index (χ3n) is 2.38. The van der Waals surface area contributed by atoms with Crippen molar-refractivity contribution in [2.45, 2.75) is 0 Å². The van der Waals surface area contributed by atoms with Crippen LogP contribution in [0.25, 0.3) is 0 Å². The van der Waals surface area contributed by atoms with Gasteiger partial charge in [-0.1, -0.05) is 0 Å². The van der Waals surface area contributed by atoms with Gasteiger partial charge in [0.15, 0.2) is 11.6 Å². The molecule has 0 spiro atoms. The fraction of sp³-hybridized carbons (Fsp3) is 0. The van der Waals surface area contributed by atoms with Crippen molar-refractivity contribution in [3.63, 3.8) is 0 Å². The first-order valence-corrected chi connectivity index (χ1v) is 5.39. The molecule has 0 fully saturated rings. The second-order valence-corrected chi connectivity index (χ2v) is 3.79. The summed E-state index contributed by atoms with van der Waals surface area (Å²) in [5.74, 6) is -4.41. The van der Waals surface area contributed by atoms with Crippen LogP contribution in [-0.4, -0.2) is 21.0 Å². The van der Waals surface area contributed by atoms with Crippen LogP contribution in [0.3, 0.4) is 0 Å². The molecule has 21 heavy (non-hydrogen) atoms. The van der Waals surface area contributed by atoms with E-state index in [1.807, 2.05) is 0 Å². The highest BCUT2D eigenvalue weighted by Crippen LogP contribution is 2.31. The van der Waals surface area contributed by atoms with Gasteiger partial charge in [-0.25, -0.2) is 18.6 Å². The maximum atomic E-state index is 13.4. The first kappa shape index (κ1) is 14.3. The number of hydrogen-bond acceptors (Lipinski definition) is 5. The van der Waals surface area contributed by atoms with E-state index in [1.165, 1.54) is 0 Å². The van der Waals surface area contributed by atoms with E-state index in [1.54, 1.807) is 0 Å². The molecule has 0 amide bonds. The van der Waals surface area contributed by atoms with E-state index in [0.717, 1.165) is 24.4 Å². The number of ether oxygens (including phenoxy) is 1. The molecule has 9 heteroatoms. The number of benzene rings is 1. The van der Waals surface area contributed by atoms with E-state index in [9.17, 15) is 23.7 Å². The lowest BCUT2D eigenvalue weighted by Crippen LogP contribution is -2.02. The Morgan fingerprint density at radius 2 is 2.05 bits per heavy atom. The summed E-state index contributed by atoms with van der Waals surface area (Å²) < 4.78 is 31.1. The number of rotatable bonds is 4. The van der Waals surface area contributed by atoms with Crippen molar-refractivity contribution in [1.82, 2.24) is 4.98 Å². The molecule has 108 valence electrons. The smallest absolute Gasteiger partial charge is 0.337 e. The number of carboxylic acids is 1. The molecule has 7 nitrogen and oxygen atoms in total. The van der Waals surface area contributed by atoms with Crippen LogP contribution in [0.15, 0.2) is 30.5 Å². The highest BCUT2D eigenvalue weighted by atomic mass is 19.1. The average Bonchev–Trinajstić information content (AvgIpc) is 2.41. The number of aromatic carboxylic acids is 1. The molecule has 1 aromatic heterocycles. The molecule has 1 N–H and O–H groups in total. The van der Waals surface area contributed by atoms with Crippen molar-refractivity contribution < 1.29 is 28.3 Å².